The Balaban J connectivity index is 1.40. The molecule has 2 amide bonds. The lowest BCUT2D eigenvalue weighted by atomic mass is 9.48. The van der Waals surface area contributed by atoms with E-state index in [4.69, 9.17) is 11.6 Å². The number of carbonyl (C=O) groups is 3. The van der Waals surface area contributed by atoms with Crippen molar-refractivity contribution >= 4 is 35.1 Å². The predicted octanol–water partition coefficient (Wildman–Crippen LogP) is 5.73. The highest BCUT2D eigenvalue weighted by atomic mass is 35.5. The van der Waals surface area contributed by atoms with Crippen LogP contribution in [0.3, 0.4) is 0 Å². The molecule has 1 aromatic carbocycles. The number of rotatable bonds is 3. The number of nitrogens with zero attached hydrogens (tertiary/aromatic N) is 1. The quantitative estimate of drug-likeness (QED) is 0.520. The van der Waals surface area contributed by atoms with Crippen LogP contribution >= 0.6 is 11.6 Å². The third kappa shape index (κ3) is 3.59. The van der Waals surface area contributed by atoms with Gasteiger partial charge in [0, 0.05) is 11.3 Å². The van der Waals surface area contributed by atoms with E-state index >= 15 is 0 Å². The van der Waals surface area contributed by atoms with Gasteiger partial charge in [-0.15, -0.1) is 0 Å². The molecule has 1 aliphatic heterocycles. The van der Waals surface area contributed by atoms with Crippen molar-refractivity contribution in [3.05, 3.63) is 40.6 Å². The molecule has 3 fully saturated rings. The average Bonchev–Trinajstić information content (AvgIpc) is 3.15. The molecule has 1 heterocycles. The molecule has 0 spiro atoms. The second kappa shape index (κ2) is 8.17. The summed E-state index contributed by atoms with van der Waals surface area (Å²) in [7, 11) is 4.08. The molecule has 6 unspecified atom stereocenters. The summed E-state index contributed by atoms with van der Waals surface area (Å²) < 4.78 is 0.378. The van der Waals surface area contributed by atoms with Gasteiger partial charge in [0.15, 0.2) is 0 Å². The maximum absolute atomic E-state index is 13.5. The zero-order valence-corrected chi connectivity index (χ0v) is 21.8. The Kier molecular flexibility index (Phi) is 5.72. The largest absolute Gasteiger partial charge is 0.478 e. The summed E-state index contributed by atoms with van der Waals surface area (Å²) in [5.74, 6) is 0.583. The number of likely N-dealkylation sites (tertiary alicyclic amines) is 1. The number of piperidine rings is 1. The third-order valence-electron chi connectivity index (χ3n) is 10.3. The first-order valence-corrected chi connectivity index (χ1v) is 13.2. The van der Waals surface area contributed by atoms with Crippen molar-refractivity contribution in [2.75, 3.05) is 19.4 Å². The number of benzene rings is 1. The number of hydrogen-bond acceptors (Lipinski definition) is 3. The van der Waals surface area contributed by atoms with Gasteiger partial charge in [0.2, 0.25) is 5.91 Å². The Bertz CT molecular complexity index is 1140. The molecule has 0 bridgehead atoms. The SMILES string of the molecule is CC12CCC(=O)[N+](C)(C)C1=CCC1C2CCC2(C)C(C(=O)Nc3cc(C(=O)O)ccc3Cl)CCC12. The molecule has 4 aliphatic rings. The lowest BCUT2D eigenvalue weighted by Gasteiger charge is -2.58. The molecule has 7 heteroatoms. The summed E-state index contributed by atoms with van der Waals surface area (Å²) >= 11 is 6.29. The van der Waals surface area contributed by atoms with Crippen LogP contribution < -0.4 is 5.32 Å². The van der Waals surface area contributed by atoms with E-state index in [0.717, 1.165) is 38.5 Å². The number of aromatic carboxylic acids is 1. The fourth-order valence-corrected chi connectivity index (χ4v) is 8.61. The number of quaternary nitrogens is 1. The van der Waals surface area contributed by atoms with Crippen LogP contribution in [-0.4, -0.2) is 41.5 Å². The number of allylic oxidation sites excluding steroid dienone is 2. The summed E-state index contributed by atoms with van der Waals surface area (Å²) in [6.45, 7) is 4.66. The Labute approximate surface area is 212 Å². The average molecular weight is 500 g/mol. The van der Waals surface area contributed by atoms with Crippen molar-refractivity contribution in [3.63, 3.8) is 0 Å². The summed E-state index contributed by atoms with van der Waals surface area (Å²) in [6.07, 6.45) is 8.80. The van der Waals surface area contributed by atoms with Crippen molar-refractivity contribution in [1.82, 2.24) is 0 Å². The third-order valence-corrected chi connectivity index (χ3v) is 10.6. The van der Waals surface area contributed by atoms with Crippen molar-refractivity contribution in [1.29, 1.82) is 0 Å². The van der Waals surface area contributed by atoms with Crippen molar-refractivity contribution in [3.8, 4) is 0 Å². The maximum atomic E-state index is 13.5. The second-order valence-corrected chi connectivity index (χ2v) is 12.5. The summed E-state index contributed by atoms with van der Waals surface area (Å²) in [4.78, 5) is 37.6. The van der Waals surface area contributed by atoms with Crippen LogP contribution in [0.2, 0.25) is 5.02 Å². The Hall–Kier alpha value is -2.18. The van der Waals surface area contributed by atoms with Gasteiger partial charge >= 0.3 is 11.9 Å². The Morgan fingerprint density at radius 2 is 1.86 bits per heavy atom. The van der Waals surface area contributed by atoms with E-state index in [1.807, 2.05) is 14.1 Å². The Morgan fingerprint density at radius 3 is 2.57 bits per heavy atom. The van der Waals surface area contributed by atoms with Gasteiger partial charge in [-0.25, -0.2) is 14.1 Å². The molecule has 3 aliphatic carbocycles. The van der Waals surface area contributed by atoms with Crippen LogP contribution in [-0.2, 0) is 9.59 Å². The number of hydrogen-bond donors (Lipinski definition) is 2. The highest BCUT2D eigenvalue weighted by Gasteiger charge is 2.63. The minimum absolute atomic E-state index is 0.0345. The van der Waals surface area contributed by atoms with Gasteiger partial charge in [-0.05, 0) is 86.0 Å². The molecule has 2 N–H and O–H groups in total. The standard InChI is InChI=1S/C28H35ClN2O4/c1-27-13-11-19-17(6-10-23-28(19,2)14-12-24(32)31(23,3)4)18(27)7-8-20(27)25(33)30-22-15-16(26(34)35)5-9-21(22)29/h5,9-10,15,17-20H,6-8,11-14H2,1-4H3,(H-,30,33,34,35)/p+1. The Morgan fingerprint density at radius 1 is 1.11 bits per heavy atom. The van der Waals surface area contributed by atoms with Crippen LogP contribution in [0.25, 0.3) is 0 Å². The van der Waals surface area contributed by atoms with E-state index in [0.29, 0.717) is 45.3 Å². The molecule has 0 aromatic heterocycles. The lowest BCUT2D eigenvalue weighted by Crippen LogP contribution is -2.59. The van der Waals surface area contributed by atoms with Gasteiger partial charge in [0.1, 0.15) is 5.70 Å². The predicted molar refractivity (Wildman–Crippen MR) is 135 cm³/mol. The fourth-order valence-electron chi connectivity index (χ4n) is 8.44. The number of anilines is 1. The zero-order chi connectivity index (χ0) is 25.3. The molecular weight excluding hydrogens is 464 g/mol. The lowest BCUT2D eigenvalue weighted by molar-refractivity contribution is -0.786. The van der Waals surface area contributed by atoms with Crippen LogP contribution in [0.15, 0.2) is 30.0 Å². The molecule has 5 rings (SSSR count). The summed E-state index contributed by atoms with van der Waals surface area (Å²) in [6, 6.07) is 4.40. The van der Waals surface area contributed by atoms with Gasteiger partial charge < -0.3 is 10.4 Å². The zero-order valence-electron chi connectivity index (χ0n) is 21.1. The number of carbonyl (C=O) groups excluding carboxylic acids is 2. The molecule has 6 nitrogen and oxygen atoms in total. The molecule has 188 valence electrons. The summed E-state index contributed by atoms with van der Waals surface area (Å²) in [5.41, 5.74) is 1.69. The minimum atomic E-state index is -1.05. The molecule has 2 saturated carbocycles. The molecular formula is C28H36ClN2O4+. The van der Waals surface area contributed by atoms with Crippen molar-refractivity contribution < 1.29 is 24.0 Å². The summed E-state index contributed by atoms with van der Waals surface area (Å²) in [5, 5.41) is 12.6. The van der Waals surface area contributed by atoms with E-state index < -0.39 is 5.97 Å². The normalized spacial score (nSPS) is 37.5. The topological polar surface area (TPSA) is 83.5 Å². The number of carboxylic acids is 1. The first-order chi connectivity index (χ1) is 16.4. The van der Waals surface area contributed by atoms with Gasteiger partial charge in [-0.1, -0.05) is 25.4 Å². The van der Waals surface area contributed by atoms with Crippen molar-refractivity contribution in [2.45, 2.75) is 58.8 Å². The molecule has 1 saturated heterocycles. The van der Waals surface area contributed by atoms with Crippen LogP contribution in [0.4, 0.5) is 5.69 Å². The second-order valence-electron chi connectivity index (χ2n) is 12.1. The number of carboxylic acid groups (broad SMARTS) is 1. The van der Waals surface area contributed by atoms with E-state index in [1.54, 1.807) is 0 Å². The number of halogens is 1. The van der Waals surface area contributed by atoms with Gasteiger partial charge in [-0.2, -0.15) is 0 Å². The first kappa shape index (κ1) is 24.5. The number of nitrogens with one attached hydrogen (secondary N) is 1. The van der Waals surface area contributed by atoms with Gasteiger partial charge in [0.25, 0.3) is 0 Å². The van der Waals surface area contributed by atoms with Gasteiger partial charge in [-0.3, -0.25) is 4.79 Å². The van der Waals surface area contributed by atoms with E-state index in [2.05, 4.69) is 25.2 Å². The molecule has 1 aromatic rings. The first-order valence-electron chi connectivity index (χ1n) is 12.8. The van der Waals surface area contributed by atoms with Crippen molar-refractivity contribution in [2.24, 2.45) is 34.5 Å². The van der Waals surface area contributed by atoms with E-state index in [1.165, 1.54) is 23.9 Å². The number of amides is 2. The molecule has 35 heavy (non-hydrogen) atoms. The maximum Gasteiger partial charge on any atom is 0.335 e. The highest BCUT2D eigenvalue weighted by molar-refractivity contribution is 6.33. The molecule has 6 atom stereocenters. The van der Waals surface area contributed by atoms with Gasteiger partial charge in [0.05, 0.1) is 36.8 Å². The minimum Gasteiger partial charge on any atom is -0.478 e. The smallest absolute Gasteiger partial charge is 0.335 e. The van der Waals surface area contributed by atoms with E-state index in [9.17, 15) is 19.5 Å². The van der Waals surface area contributed by atoms with E-state index in [-0.39, 0.29) is 28.2 Å². The van der Waals surface area contributed by atoms with Crippen LogP contribution in [0.1, 0.15) is 69.2 Å². The number of fused-ring (bicyclic) bond motifs is 5. The fraction of sp³-hybridized carbons (Fsp3) is 0.607. The monoisotopic (exact) mass is 499 g/mol. The molecule has 0 radical (unpaired) electrons. The van der Waals surface area contributed by atoms with Crippen LogP contribution in [0, 0.1) is 34.5 Å². The van der Waals surface area contributed by atoms with Crippen LogP contribution in [0.5, 0.6) is 0 Å². The highest BCUT2D eigenvalue weighted by Crippen LogP contribution is 2.66.